The number of hydrogen-bond acceptors (Lipinski definition) is 4. The zero-order valence-electron chi connectivity index (χ0n) is 9.26. The van der Waals surface area contributed by atoms with Crippen molar-refractivity contribution in [3.8, 4) is 0 Å². The van der Waals surface area contributed by atoms with Gasteiger partial charge in [0.25, 0.3) is 5.91 Å². The minimum absolute atomic E-state index is 0.292. The van der Waals surface area contributed by atoms with Crippen LogP contribution in [0.4, 0.5) is 5.69 Å². The Morgan fingerprint density at radius 3 is 2.72 bits per heavy atom. The molecule has 1 heterocycles. The molecule has 6 heteroatoms. The molecule has 1 aromatic carbocycles. The Kier molecular flexibility index (Phi) is 3.74. The maximum Gasteiger partial charge on any atom is 0.251 e. The Labute approximate surface area is 113 Å². The van der Waals surface area contributed by atoms with E-state index in [0.717, 1.165) is 4.90 Å². The van der Waals surface area contributed by atoms with Gasteiger partial charge in [0.05, 0.1) is 22.5 Å². The van der Waals surface area contributed by atoms with Crippen molar-refractivity contribution >= 4 is 35.0 Å². The lowest BCUT2D eigenvalue weighted by Gasteiger charge is -2.07. The molecule has 0 aliphatic rings. The molecule has 0 fully saturated rings. The highest BCUT2D eigenvalue weighted by molar-refractivity contribution is 7.99. The van der Waals surface area contributed by atoms with E-state index in [0.29, 0.717) is 21.3 Å². The molecule has 0 saturated heterocycles. The van der Waals surface area contributed by atoms with Crippen LogP contribution in [-0.2, 0) is 0 Å². The van der Waals surface area contributed by atoms with Gasteiger partial charge in [-0.05, 0) is 18.2 Å². The van der Waals surface area contributed by atoms with Gasteiger partial charge in [-0.15, -0.1) is 0 Å². The number of rotatable bonds is 3. The predicted octanol–water partition coefficient (Wildman–Crippen LogP) is 2.57. The number of nitrogens with two attached hydrogens (primary N) is 2. The fourth-order valence-electron chi connectivity index (χ4n) is 1.36. The molecule has 0 aliphatic heterocycles. The van der Waals surface area contributed by atoms with Gasteiger partial charge in [-0.2, -0.15) is 0 Å². The number of anilines is 1. The molecule has 0 radical (unpaired) electrons. The summed E-state index contributed by atoms with van der Waals surface area (Å²) >= 11 is 7.33. The molecule has 4 nitrogen and oxygen atoms in total. The van der Waals surface area contributed by atoms with Crippen molar-refractivity contribution in [1.29, 1.82) is 0 Å². The molecule has 1 aromatic heterocycles. The molecule has 18 heavy (non-hydrogen) atoms. The molecular weight excluding hydrogens is 270 g/mol. The zero-order chi connectivity index (χ0) is 13.1. The van der Waals surface area contributed by atoms with E-state index in [1.54, 1.807) is 6.07 Å². The molecule has 0 bridgehead atoms. The van der Waals surface area contributed by atoms with Gasteiger partial charge in [0.2, 0.25) is 0 Å². The molecule has 1 amide bonds. The van der Waals surface area contributed by atoms with Crippen molar-refractivity contribution in [2.45, 2.75) is 9.92 Å². The maximum atomic E-state index is 11.3. The highest BCUT2D eigenvalue weighted by Crippen LogP contribution is 2.33. The Bertz CT molecular complexity index is 604. The quantitative estimate of drug-likeness (QED) is 0.905. The number of nitrogens with zero attached hydrogens (tertiary/aromatic N) is 1. The second kappa shape index (κ2) is 5.29. The van der Waals surface area contributed by atoms with Crippen LogP contribution < -0.4 is 11.5 Å². The molecule has 0 unspecified atom stereocenters. The lowest BCUT2D eigenvalue weighted by atomic mass is 10.2. The molecule has 0 aliphatic carbocycles. The summed E-state index contributed by atoms with van der Waals surface area (Å²) in [6.07, 6.45) is 1.48. The number of primary amides is 1. The molecule has 0 saturated carbocycles. The summed E-state index contributed by atoms with van der Waals surface area (Å²) in [5.41, 5.74) is 11.6. The molecule has 2 rings (SSSR count). The highest BCUT2D eigenvalue weighted by Gasteiger charge is 2.12. The van der Waals surface area contributed by atoms with E-state index >= 15 is 0 Å². The van der Waals surface area contributed by atoms with Crippen LogP contribution in [0.5, 0.6) is 0 Å². The summed E-state index contributed by atoms with van der Waals surface area (Å²) < 4.78 is 0. The zero-order valence-corrected chi connectivity index (χ0v) is 10.8. The Hall–Kier alpha value is -1.72. The van der Waals surface area contributed by atoms with Crippen molar-refractivity contribution in [3.05, 3.63) is 47.1 Å². The summed E-state index contributed by atoms with van der Waals surface area (Å²) in [5.74, 6) is -0.565. The lowest BCUT2D eigenvalue weighted by Crippen LogP contribution is -2.13. The number of halogens is 1. The van der Waals surface area contributed by atoms with E-state index in [1.807, 2.05) is 18.2 Å². The smallest absolute Gasteiger partial charge is 0.251 e. The molecular formula is C12H10ClN3OS. The van der Waals surface area contributed by atoms with Crippen LogP contribution in [0, 0.1) is 0 Å². The Morgan fingerprint density at radius 1 is 1.33 bits per heavy atom. The number of amides is 1. The monoisotopic (exact) mass is 279 g/mol. The summed E-state index contributed by atoms with van der Waals surface area (Å²) in [6.45, 7) is 0. The minimum Gasteiger partial charge on any atom is -0.397 e. The first-order valence-corrected chi connectivity index (χ1v) is 6.25. The first kappa shape index (κ1) is 12.7. The first-order chi connectivity index (χ1) is 8.58. The van der Waals surface area contributed by atoms with Gasteiger partial charge in [-0.3, -0.25) is 4.79 Å². The normalized spacial score (nSPS) is 10.3. The van der Waals surface area contributed by atoms with Crippen LogP contribution in [0.25, 0.3) is 0 Å². The van der Waals surface area contributed by atoms with Gasteiger partial charge in [0.1, 0.15) is 5.03 Å². The van der Waals surface area contributed by atoms with Gasteiger partial charge in [-0.1, -0.05) is 35.5 Å². The number of carbonyl (C=O) groups excluding carboxylic acids is 1. The summed E-state index contributed by atoms with van der Waals surface area (Å²) in [5, 5.41) is 1.08. The van der Waals surface area contributed by atoms with Crippen molar-refractivity contribution in [2.75, 3.05) is 5.73 Å². The average Bonchev–Trinajstić information content (AvgIpc) is 2.34. The third-order valence-corrected chi connectivity index (χ3v) is 3.72. The van der Waals surface area contributed by atoms with E-state index in [1.165, 1.54) is 24.0 Å². The second-order valence-electron chi connectivity index (χ2n) is 3.52. The minimum atomic E-state index is -0.565. The van der Waals surface area contributed by atoms with Crippen LogP contribution in [-0.4, -0.2) is 10.9 Å². The van der Waals surface area contributed by atoms with Crippen molar-refractivity contribution in [2.24, 2.45) is 5.73 Å². The number of hydrogen-bond donors (Lipinski definition) is 2. The van der Waals surface area contributed by atoms with Gasteiger partial charge >= 0.3 is 0 Å². The summed E-state index contributed by atoms with van der Waals surface area (Å²) in [6, 6.07) is 8.81. The van der Waals surface area contributed by atoms with Gasteiger partial charge in [0.15, 0.2) is 0 Å². The number of aromatic nitrogens is 1. The predicted molar refractivity (Wildman–Crippen MR) is 72.7 cm³/mol. The first-order valence-electron chi connectivity index (χ1n) is 5.05. The van der Waals surface area contributed by atoms with Crippen LogP contribution in [0.3, 0.4) is 0 Å². The van der Waals surface area contributed by atoms with Crippen LogP contribution in [0.15, 0.2) is 46.5 Å². The molecule has 0 spiro atoms. The summed E-state index contributed by atoms with van der Waals surface area (Å²) in [4.78, 5) is 16.2. The fraction of sp³-hybridized carbons (Fsp3) is 0. The largest absolute Gasteiger partial charge is 0.397 e. The lowest BCUT2D eigenvalue weighted by molar-refractivity contribution is 0.0997. The molecule has 4 N–H and O–H groups in total. The maximum absolute atomic E-state index is 11.3. The van der Waals surface area contributed by atoms with Crippen molar-refractivity contribution < 1.29 is 4.79 Å². The van der Waals surface area contributed by atoms with E-state index in [9.17, 15) is 4.79 Å². The Balaban J connectivity index is 2.41. The Morgan fingerprint density at radius 2 is 2.06 bits per heavy atom. The fourth-order valence-corrected chi connectivity index (χ4v) is 2.50. The van der Waals surface area contributed by atoms with E-state index in [-0.39, 0.29) is 0 Å². The van der Waals surface area contributed by atoms with Gasteiger partial charge in [-0.25, -0.2) is 4.98 Å². The van der Waals surface area contributed by atoms with Gasteiger partial charge < -0.3 is 11.5 Å². The SMILES string of the molecule is NC(=O)c1cc(N)cnc1Sc1ccccc1Cl. The van der Waals surface area contributed by atoms with Crippen molar-refractivity contribution in [3.63, 3.8) is 0 Å². The van der Waals surface area contributed by atoms with Crippen LogP contribution >= 0.6 is 23.4 Å². The second-order valence-corrected chi connectivity index (χ2v) is 4.96. The standard InChI is InChI=1S/C12H10ClN3OS/c13-9-3-1-2-4-10(9)18-12-8(11(15)17)5-7(14)6-16-12/h1-6H,14H2,(H2,15,17). The molecule has 2 aromatic rings. The van der Waals surface area contributed by atoms with E-state index in [2.05, 4.69) is 4.98 Å². The van der Waals surface area contributed by atoms with Gasteiger partial charge in [0, 0.05) is 4.90 Å². The topological polar surface area (TPSA) is 82.0 Å². The van der Waals surface area contributed by atoms with Crippen LogP contribution in [0.1, 0.15) is 10.4 Å². The third kappa shape index (κ3) is 2.75. The number of pyridine rings is 1. The van der Waals surface area contributed by atoms with Crippen molar-refractivity contribution in [1.82, 2.24) is 4.98 Å². The number of benzene rings is 1. The van der Waals surface area contributed by atoms with E-state index in [4.69, 9.17) is 23.1 Å². The molecule has 0 atom stereocenters. The summed E-state index contributed by atoms with van der Waals surface area (Å²) in [7, 11) is 0. The number of carbonyl (C=O) groups is 1. The van der Waals surface area contributed by atoms with E-state index < -0.39 is 5.91 Å². The van der Waals surface area contributed by atoms with Crippen LogP contribution in [0.2, 0.25) is 5.02 Å². The number of nitrogen functional groups attached to an aromatic ring is 1. The molecule has 92 valence electrons. The average molecular weight is 280 g/mol. The third-order valence-electron chi connectivity index (χ3n) is 2.18. The highest BCUT2D eigenvalue weighted by atomic mass is 35.5.